The van der Waals surface area contributed by atoms with E-state index in [2.05, 4.69) is 40.5 Å². The van der Waals surface area contributed by atoms with Crippen LogP contribution in [0.4, 0.5) is 0 Å². The molecule has 2 fully saturated rings. The summed E-state index contributed by atoms with van der Waals surface area (Å²) in [6.45, 7) is 1.95. The molecule has 2 heterocycles. The van der Waals surface area contributed by atoms with E-state index in [4.69, 9.17) is 0 Å². The van der Waals surface area contributed by atoms with Gasteiger partial charge in [-0.05, 0) is 18.4 Å². The highest BCUT2D eigenvalue weighted by molar-refractivity contribution is 7.99. The Morgan fingerprint density at radius 2 is 2.09 bits per heavy atom. The number of amides is 1. The van der Waals surface area contributed by atoms with Gasteiger partial charge in [0.2, 0.25) is 5.91 Å². The molecule has 2 aliphatic rings. The van der Waals surface area contributed by atoms with Gasteiger partial charge in [-0.25, -0.2) is 0 Å². The summed E-state index contributed by atoms with van der Waals surface area (Å²) < 4.78 is 0. The first kappa shape index (κ1) is 15.9. The molecule has 0 bridgehead atoms. The monoisotopic (exact) mass is 318 g/mol. The van der Waals surface area contributed by atoms with Gasteiger partial charge in [-0.1, -0.05) is 43.2 Å². The minimum Gasteiger partial charge on any atom is -0.336 e. The topological polar surface area (TPSA) is 32.3 Å². The molecule has 0 saturated carbocycles. The van der Waals surface area contributed by atoms with E-state index in [0.717, 1.165) is 31.7 Å². The van der Waals surface area contributed by atoms with Crippen molar-refractivity contribution in [2.45, 2.75) is 44.2 Å². The molecular weight excluding hydrogens is 292 g/mol. The van der Waals surface area contributed by atoms with Crippen LogP contribution < -0.4 is 5.32 Å². The molecule has 4 heteroatoms. The van der Waals surface area contributed by atoms with Crippen molar-refractivity contribution < 1.29 is 4.79 Å². The number of carbonyl (C=O) groups is 1. The summed E-state index contributed by atoms with van der Waals surface area (Å²) in [5.41, 5.74) is 1.30. The van der Waals surface area contributed by atoms with Crippen molar-refractivity contribution in [2.24, 2.45) is 0 Å². The van der Waals surface area contributed by atoms with Gasteiger partial charge >= 0.3 is 0 Å². The van der Waals surface area contributed by atoms with Crippen LogP contribution in [-0.4, -0.2) is 41.4 Å². The van der Waals surface area contributed by atoms with E-state index in [1.807, 2.05) is 11.8 Å². The van der Waals surface area contributed by atoms with Gasteiger partial charge in [-0.15, -0.1) is 0 Å². The molecule has 0 aliphatic carbocycles. The summed E-state index contributed by atoms with van der Waals surface area (Å²) in [6, 6.07) is 11.2. The first-order chi connectivity index (χ1) is 10.8. The lowest BCUT2D eigenvalue weighted by molar-refractivity contribution is -0.134. The van der Waals surface area contributed by atoms with Crippen molar-refractivity contribution in [3.05, 3.63) is 35.9 Å². The van der Waals surface area contributed by atoms with Crippen LogP contribution in [0.15, 0.2) is 30.3 Å². The maximum atomic E-state index is 12.9. The summed E-state index contributed by atoms with van der Waals surface area (Å²) in [4.78, 5) is 15.0. The lowest BCUT2D eigenvalue weighted by atomic mass is 10.0. The standard InChI is InChI=1S/C18H26N2OS/c21-18(13-16-14-22-12-10-19-16)20-11-6-2-5-9-17(20)15-7-3-1-4-8-15/h1,3-4,7-8,16-17,19H,2,5-6,9-14H2. The Morgan fingerprint density at radius 1 is 1.23 bits per heavy atom. The minimum atomic E-state index is 0.271. The van der Waals surface area contributed by atoms with Crippen molar-refractivity contribution in [2.75, 3.05) is 24.6 Å². The van der Waals surface area contributed by atoms with Gasteiger partial charge < -0.3 is 10.2 Å². The molecule has 2 atom stereocenters. The molecular formula is C18H26N2OS. The first-order valence-corrected chi connectivity index (χ1v) is 9.65. The Hall–Kier alpha value is -1.00. The summed E-state index contributed by atoms with van der Waals surface area (Å²) in [5.74, 6) is 2.56. The van der Waals surface area contributed by atoms with Gasteiger partial charge in [0.25, 0.3) is 0 Å². The number of thioether (sulfide) groups is 1. The predicted octanol–water partition coefficient (Wildman–Crippen LogP) is 3.23. The van der Waals surface area contributed by atoms with Crippen LogP contribution in [0.2, 0.25) is 0 Å². The zero-order valence-corrected chi connectivity index (χ0v) is 14.0. The maximum absolute atomic E-state index is 12.9. The summed E-state index contributed by atoms with van der Waals surface area (Å²) >= 11 is 1.96. The largest absolute Gasteiger partial charge is 0.336 e. The highest BCUT2D eigenvalue weighted by Crippen LogP contribution is 2.30. The Labute approximate surface area is 137 Å². The molecule has 3 nitrogen and oxygen atoms in total. The number of carbonyl (C=O) groups excluding carboxylic acids is 1. The first-order valence-electron chi connectivity index (χ1n) is 8.50. The minimum absolute atomic E-state index is 0.271. The second-order valence-electron chi connectivity index (χ2n) is 6.29. The fourth-order valence-corrected chi connectivity index (χ4v) is 4.46. The summed E-state index contributed by atoms with van der Waals surface area (Å²) in [6.07, 6.45) is 5.35. The number of nitrogens with zero attached hydrogens (tertiary/aromatic N) is 1. The van der Waals surface area contributed by atoms with Gasteiger partial charge in [0.1, 0.15) is 0 Å². The van der Waals surface area contributed by atoms with Gasteiger partial charge in [0, 0.05) is 37.1 Å². The molecule has 0 spiro atoms. The number of nitrogens with one attached hydrogen (secondary N) is 1. The van der Waals surface area contributed by atoms with E-state index in [0.29, 0.717) is 18.4 Å². The molecule has 2 saturated heterocycles. The van der Waals surface area contributed by atoms with Gasteiger partial charge in [-0.3, -0.25) is 4.79 Å². The van der Waals surface area contributed by atoms with Crippen LogP contribution in [0.5, 0.6) is 0 Å². The lowest BCUT2D eigenvalue weighted by Gasteiger charge is -2.32. The second-order valence-corrected chi connectivity index (χ2v) is 7.44. The zero-order valence-electron chi connectivity index (χ0n) is 13.2. The highest BCUT2D eigenvalue weighted by Gasteiger charge is 2.28. The fourth-order valence-electron chi connectivity index (χ4n) is 3.51. The molecule has 0 aromatic heterocycles. The molecule has 0 radical (unpaired) electrons. The second kappa shape index (κ2) is 8.02. The van der Waals surface area contributed by atoms with E-state index >= 15 is 0 Å². The molecule has 2 aliphatic heterocycles. The summed E-state index contributed by atoms with van der Waals surface area (Å²) in [7, 11) is 0. The van der Waals surface area contributed by atoms with Gasteiger partial charge in [-0.2, -0.15) is 11.8 Å². The van der Waals surface area contributed by atoms with Crippen LogP contribution >= 0.6 is 11.8 Å². The van der Waals surface area contributed by atoms with E-state index in [1.54, 1.807) is 0 Å². The SMILES string of the molecule is O=C(CC1CSCCN1)N1CCCCCC1c1ccccc1. The number of hydrogen-bond donors (Lipinski definition) is 1. The Morgan fingerprint density at radius 3 is 2.86 bits per heavy atom. The molecule has 2 unspecified atom stereocenters. The smallest absolute Gasteiger partial charge is 0.224 e. The number of hydrogen-bond acceptors (Lipinski definition) is 3. The Bertz CT molecular complexity index is 473. The average molecular weight is 318 g/mol. The molecule has 1 aromatic carbocycles. The molecule has 3 rings (SSSR count). The van der Waals surface area contributed by atoms with Crippen molar-refractivity contribution in [3.63, 3.8) is 0 Å². The molecule has 22 heavy (non-hydrogen) atoms. The Kier molecular flexibility index (Phi) is 5.79. The fraction of sp³-hybridized carbons (Fsp3) is 0.611. The van der Waals surface area contributed by atoms with E-state index in [9.17, 15) is 4.79 Å². The van der Waals surface area contributed by atoms with Crippen molar-refractivity contribution in [1.82, 2.24) is 10.2 Å². The molecule has 120 valence electrons. The van der Waals surface area contributed by atoms with Crippen LogP contribution in [0.25, 0.3) is 0 Å². The third-order valence-electron chi connectivity index (χ3n) is 4.68. The number of benzene rings is 1. The Balaban J connectivity index is 1.70. The lowest BCUT2D eigenvalue weighted by Crippen LogP contribution is -2.43. The van der Waals surface area contributed by atoms with Gasteiger partial charge in [0.15, 0.2) is 0 Å². The van der Waals surface area contributed by atoms with Crippen molar-refractivity contribution >= 4 is 17.7 Å². The summed E-state index contributed by atoms with van der Waals surface area (Å²) in [5, 5.41) is 3.49. The van der Waals surface area contributed by atoms with Crippen LogP contribution in [-0.2, 0) is 4.79 Å². The number of rotatable bonds is 3. The quantitative estimate of drug-likeness (QED) is 0.929. The van der Waals surface area contributed by atoms with Crippen LogP contribution in [0.1, 0.15) is 43.7 Å². The van der Waals surface area contributed by atoms with Crippen LogP contribution in [0.3, 0.4) is 0 Å². The molecule has 1 N–H and O–H groups in total. The zero-order chi connectivity index (χ0) is 15.2. The van der Waals surface area contributed by atoms with E-state index in [-0.39, 0.29) is 6.04 Å². The van der Waals surface area contributed by atoms with Crippen molar-refractivity contribution in [1.29, 1.82) is 0 Å². The normalized spacial score (nSPS) is 26.5. The van der Waals surface area contributed by atoms with E-state index in [1.165, 1.54) is 24.2 Å². The number of likely N-dealkylation sites (tertiary alicyclic amines) is 1. The third-order valence-corrected chi connectivity index (χ3v) is 5.81. The van der Waals surface area contributed by atoms with Crippen LogP contribution in [0, 0.1) is 0 Å². The maximum Gasteiger partial charge on any atom is 0.224 e. The average Bonchev–Trinajstić information content (AvgIpc) is 2.82. The predicted molar refractivity (Wildman–Crippen MR) is 93.1 cm³/mol. The van der Waals surface area contributed by atoms with Gasteiger partial charge in [0.05, 0.1) is 6.04 Å². The highest BCUT2D eigenvalue weighted by atomic mass is 32.2. The van der Waals surface area contributed by atoms with E-state index < -0.39 is 0 Å². The van der Waals surface area contributed by atoms with Crippen molar-refractivity contribution in [3.8, 4) is 0 Å². The molecule has 1 amide bonds. The third kappa shape index (κ3) is 4.05. The molecule has 1 aromatic rings.